The Bertz CT molecular complexity index is 803. The zero-order chi connectivity index (χ0) is 17.5. The molecule has 2 N–H and O–H groups in total. The minimum absolute atomic E-state index is 0.274. The molecule has 126 valence electrons. The fourth-order valence-corrected chi connectivity index (χ4v) is 2.73. The van der Waals surface area contributed by atoms with Crippen molar-refractivity contribution < 1.29 is 23.5 Å². The second-order valence-corrected chi connectivity index (χ2v) is 5.95. The third kappa shape index (κ3) is 2.67. The summed E-state index contributed by atoms with van der Waals surface area (Å²) >= 11 is 0. The van der Waals surface area contributed by atoms with Gasteiger partial charge < -0.3 is 14.8 Å². The molecule has 1 aliphatic heterocycles. The Hall–Kier alpha value is -2.67. The fourth-order valence-electron chi connectivity index (χ4n) is 2.73. The van der Waals surface area contributed by atoms with E-state index in [1.807, 2.05) is 0 Å². The summed E-state index contributed by atoms with van der Waals surface area (Å²) in [7, 11) is 0. The maximum Gasteiger partial charge on any atom is 0.325 e. The highest BCUT2D eigenvalue weighted by Crippen LogP contribution is 2.31. The average molecular weight is 332 g/mol. The van der Waals surface area contributed by atoms with E-state index in [4.69, 9.17) is 4.42 Å². The highest BCUT2D eigenvalue weighted by Gasteiger charge is 2.51. The SMILES string of the molecule is Cc1ccc([C@@]2(C)NC(=O)N(C[C@@H](O)c3cccc(F)c3)C2=O)o1. The third-order valence-corrected chi connectivity index (χ3v) is 4.10. The van der Waals surface area contributed by atoms with E-state index in [-0.39, 0.29) is 12.1 Å². The van der Waals surface area contributed by atoms with Gasteiger partial charge in [-0.05, 0) is 43.7 Å². The van der Waals surface area contributed by atoms with Crippen molar-refractivity contribution in [3.8, 4) is 0 Å². The van der Waals surface area contributed by atoms with E-state index in [0.29, 0.717) is 11.5 Å². The molecular formula is C17H17FN2O4. The predicted octanol–water partition coefficient (Wildman–Crippen LogP) is 2.23. The number of carbonyl (C=O) groups excluding carboxylic acids is 2. The van der Waals surface area contributed by atoms with Crippen LogP contribution in [0.5, 0.6) is 0 Å². The van der Waals surface area contributed by atoms with Gasteiger partial charge in [0, 0.05) is 0 Å². The molecule has 0 unspecified atom stereocenters. The van der Waals surface area contributed by atoms with Crippen LogP contribution in [0.25, 0.3) is 0 Å². The minimum atomic E-state index is -1.33. The molecule has 24 heavy (non-hydrogen) atoms. The molecule has 0 radical (unpaired) electrons. The monoisotopic (exact) mass is 332 g/mol. The number of nitrogens with zero attached hydrogens (tertiary/aromatic N) is 1. The molecule has 1 fully saturated rings. The third-order valence-electron chi connectivity index (χ3n) is 4.10. The van der Waals surface area contributed by atoms with Crippen LogP contribution in [0.15, 0.2) is 40.8 Å². The van der Waals surface area contributed by atoms with Gasteiger partial charge in [-0.15, -0.1) is 0 Å². The lowest BCUT2D eigenvalue weighted by Crippen LogP contribution is -2.41. The van der Waals surface area contributed by atoms with Gasteiger partial charge in [0.15, 0.2) is 5.54 Å². The van der Waals surface area contributed by atoms with Crippen LogP contribution in [0, 0.1) is 12.7 Å². The molecule has 0 aliphatic carbocycles. The van der Waals surface area contributed by atoms with Crippen molar-refractivity contribution in [2.45, 2.75) is 25.5 Å². The van der Waals surface area contributed by atoms with Crippen molar-refractivity contribution in [2.24, 2.45) is 0 Å². The Balaban J connectivity index is 1.82. The van der Waals surface area contributed by atoms with Crippen molar-refractivity contribution in [3.05, 3.63) is 59.3 Å². The number of β-amino-alcohol motifs (C(OH)–C–C–N with tert-alkyl or cyclic N) is 1. The minimum Gasteiger partial charge on any atom is -0.463 e. The molecule has 7 heteroatoms. The second-order valence-electron chi connectivity index (χ2n) is 5.95. The zero-order valence-corrected chi connectivity index (χ0v) is 13.2. The number of aliphatic hydroxyl groups excluding tert-OH is 1. The van der Waals surface area contributed by atoms with Crippen LogP contribution < -0.4 is 5.32 Å². The van der Waals surface area contributed by atoms with Crippen molar-refractivity contribution in [1.82, 2.24) is 10.2 Å². The Kier molecular flexibility index (Phi) is 3.88. The van der Waals surface area contributed by atoms with E-state index in [9.17, 15) is 19.1 Å². The van der Waals surface area contributed by atoms with Crippen LogP contribution in [0.1, 0.15) is 30.1 Å². The van der Waals surface area contributed by atoms with Crippen molar-refractivity contribution in [2.75, 3.05) is 6.54 Å². The van der Waals surface area contributed by atoms with Crippen LogP contribution in [0.4, 0.5) is 9.18 Å². The van der Waals surface area contributed by atoms with Gasteiger partial charge in [-0.25, -0.2) is 9.18 Å². The number of aryl methyl sites for hydroxylation is 1. The quantitative estimate of drug-likeness (QED) is 0.841. The van der Waals surface area contributed by atoms with Gasteiger partial charge in [-0.2, -0.15) is 0 Å². The normalized spacial score (nSPS) is 21.9. The van der Waals surface area contributed by atoms with E-state index in [1.54, 1.807) is 26.0 Å². The lowest BCUT2D eigenvalue weighted by Gasteiger charge is -2.21. The first kappa shape index (κ1) is 16.2. The maximum absolute atomic E-state index is 13.3. The standard InChI is InChI=1S/C17H17FN2O4/c1-10-6-7-14(24-10)17(2)15(22)20(16(23)19-17)9-13(21)11-4-3-5-12(18)8-11/h3-8,13,21H,9H2,1-2H3,(H,19,23)/t13-,17-/m1/s1. The summed E-state index contributed by atoms with van der Waals surface area (Å²) in [4.78, 5) is 25.8. The summed E-state index contributed by atoms with van der Waals surface area (Å²) < 4.78 is 18.7. The molecule has 1 saturated heterocycles. The number of aliphatic hydroxyl groups is 1. The van der Waals surface area contributed by atoms with Gasteiger partial charge in [0.1, 0.15) is 17.3 Å². The van der Waals surface area contributed by atoms with E-state index in [2.05, 4.69) is 5.32 Å². The van der Waals surface area contributed by atoms with Gasteiger partial charge >= 0.3 is 6.03 Å². The summed E-state index contributed by atoms with van der Waals surface area (Å²) in [6, 6.07) is 8.09. The molecule has 2 aromatic rings. The fraction of sp³-hybridized carbons (Fsp3) is 0.294. The van der Waals surface area contributed by atoms with Crippen LogP contribution in [-0.2, 0) is 10.3 Å². The van der Waals surface area contributed by atoms with Crippen molar-refractivity contribution in [1.29, 1.82) is 0 Å². The van der Waals surface area contributed by atoms with E-state index < -0.39 is 29.4 Å². The zero-order valence-electron chi connectivity index (χ0n) is 13.2. The molecule has 1 aromatic carbocycles. The largest absolute Gasteiger partial charge is 0.463 e. The molecule has 0 saturated carbocycles. The van der Waals surface area contributed by atoms with Gasteiger partial charge in [0.2, 0.25) is 0 Å². The van der Waals surface area contributed by atoms with Crippen molar-refractivity contribution >= 4 is 11.9 Å². The topological polar surface area (TPSA) is 82.8 Å². The smallest absolute Gasteiger partial charge is 0.325 e. The second kappa shape index (κ2) is 5.76. The predicted molar refractivity (Wildman–Crippen MR) is 82.4 cm³/mol. The number of hydrogen-bond acceptors (Lipinski definition) is 4. The summed E-state index contributed by atoms with van der Waals surface area (Å²) in [5.41, 5.74) is -1.04. The number of halogens is 1. The molecule has 0 bridgehead atoms. The van der Waals surface area contributed by atoms with Gasteiger partial charge in [0.25, 0.3) is 5.91 Å². The van der Waals surface area contributed by atoms with Gasteiger partial charge in [-0.1, -0.05) is 12.1 Å². The first-order valence-corrected chi connectivity index (χ1v) is 7.46. The Morgan fingerprint density at radius 1 is 1.33 bits per heavy atom. The number of urea groups is 1. The Labute approximate surface area is 137 Å². The van der Waals surface area contributed by atoms with Crippen LogP contribution in [0.3, 0.4) is 0 Å². The molecule has 0 spiro atoms. The van der Waals surface area contributed by atoms with Gasteiger partial charge in [-0.3, -0.25) is 9.69 Å². The molecule has 2 atom stereocenters. The Morgan fingerprint density at radius 2 is 2.08 bits per heavy atom. The summed E-state index contributed by atoms with van der Waals surface area (Å²) in [5.74, 6) is -0.0930. The molecular weight excluding hydrogens is 315 g/mol. The Morgan fingerprint density at radius 3 is 2.71 bits per heavy atom. The highest BCUT2D eigenvalue weighted by atomic mass is 19.1. The van der Waals surface area contributed by atoms with Gasteiger partial charge in [0.05, 0.1) is 12.6 Å². The molecule has 1 aliphatic rings. The number of imide groups is 1. The molecule has 6 nitrogen and oxygen atoms in total. The van der Waals surface area contributed by atoms with E-state index in [1.165, 1.54) is 18.2 Å². The number of nitrogens with one attached hydrogen (secondary N) is 1. The first-order chi connectivity index (χ1) is 11.3. The summed E-state index contributed by atoms with van der Waals surface area (Å²) in [5, 5.41) is 12.8. The first-order valence-electron chi connectivity index (χ1n) is 7.46. The molecule has 3 rings (SSSR count). The highest BCUT2D eigenvalue weighted by molar-refractivity contribution is 6.06. The van der Waals surface area contributed by atoms with Crippen molar-refractivity contribution in [3.63, 3.8) is 0 Å². The lowest BCUT2D eigenvalue weighted by atomic mass is 9.99. The molecule has 1 aromatic heterocycles. The number of carbonyl (C=O) groups is 2. The number of hydrogen-bond donors (Lipinski definition) is 2. The average Bonchev–Trinajstić information content (AvgIpc) is 3.06. The maximum atomic E-state index is 13.3. The van der Waals surface area contributed by atoms with Crippen LogP contribution in [0.2, 0.25) is 0 Å². The molecule has 2 heterocycles. The summed E-state index contributed by atoms with van der Waals surface area (Å²) in [6.45, 7) is 3.00. The van der Waals surface area contributed by atoms with Crippen LogP contribution in [-0.4, -0.2) is 28.5 Å². The number of furan rings is 1. The number of rotatable bonds is 4. The number of amides is 3. The number of benzene rings is 1. The van der Waals surface area contributed by atoms with Crippen LogP contribution >= 0.6 is 0 Å². The lowest BCUT2D eigenvalue weighted by molar-refractivity contribution is -0.132. The summed E-state index contributed by atoms with van der Waals surface area (Å²) in [6.07, 6.45) is -1.18. The van der Waals surface area contributed by atoms with E-state index in [0.717, 1.165) is 11.0 Å². The van der Waals surface area contributed by atoms with E-state index >= 15 is 0 Å². The molecule has 3 amide bonds.